The van der Waals surface area contributed by atoms with E-state index in [1.807, 2.05) is 19.9 Å². The van der Waals surface area contributed by atoms with Gasteiger partial charge < -0.3 is 9.84 Å². The maximum Gasteiger partial charge on any atom is 0.303 e. The Morgan fingerprint density at radius 2 is 2.18 bits per heavy atom. The van der Waals surface area contributed by atoms with Crippen molar-refractivity contribution in [1.29, 1.82) is 0 Å². The number of rotatable bonds is 6. The number of hydrogen-bond acceptors (Lipinski definition) is 2. The minimum Gasteiger partial charge on any atom is -0.492 e. The molecule has 3 nitrogen and oxygen atoms in total. The van der Waals surface area contributed by atoms with Crippen LogP contribution in [-0.4, -0.2) is 17.7 Å². The standard InChI is InChI=1S/C13H17ClO3/c1-3-9(8-13(15)16)10-5-6-12(17-4-2)11(14)7-10/h5-7,9H,3-4,8H2,1-2H3,(H,15,16). The molecule has 0 spiro atoms. The number of ether oxygens (including phenoxy) is 1. The van der Waals surface area contributed by atoms with Gasteiger partial charge in [-0.3, -0.25) is 4.79 Å². The lowest BCUT2D eigenvalue weighted by atomic mass is 9.93. The second-order valence-corrected chi connectivity index (χ2v) is 4.23. The largest absolute Gasteiger partial charge is 0.492 e. The molecule has 94 valence electrons. The van der Waals surface area contributed by atoms with E-state index in [4.69, 9.17) is 21.4 Å². The summed E-state index contributed by atoms with van der Waals surface area (Å²) in [7, 11) is 0. The number of aliphatic carboxylic acids is 1. The van der Waals surface area contributed by atoms with Crippen LogP contribution in [0.5, 0.6) is 5.75 Å². The monoisotopic (exact) mass is 256 g/mol. The molecule has 0 aromatic heterocycles. The predicted octanol–water partition coefficient (Wildman–Crippen LogP) is 3.71. The van der Waals surface area contributed by atoms with Crippen molar-refractivity contribution in [3.63, 3.8) is 0 Å². The molecule has 4 heteroatoms. The molecule has 0 radical (unpaired) electrons. The van der Waals surface area contributed by atoms with Crippen molar-refractivity contribution in [2.45, 2.75) is 32.6 Å². The molecule has 0 saturated heterocycles. The van der Waals surface area contributed by atoms with E-state index in [2.05, 4.69) is 0 Å². The van der Waals surface area contributed by atoms with Gasteiger partial charge in [-0.15, -0.1) is 0 Å². The Bertz CT molecular complexity index is 390. The van der Waals surface area contributed by atoms with E-state index in [1.54, 1.807) is 12.1 Å². The minimum absolute atomic E-state index is 0.000626. The first-order chi connectivity index (χ1) is 8.08. The van der Waals surface area contributed by atoms with E-state index in [9.17, 15) is 4.79 Å². The van der Waals surface area contributed by atoms with E-state index in [-0.39, 0.29) is 12.3 Å². The van der Waals surface area contributed by atoms with Gasteiger partial charge in [0.25, 0.3) is 0 Å². The van der Waals surface area contributed by atoms with Crippen LogP contribution in [0.4, 0.5) is 0 Å². The fourth-order valence-corrected chi connectivity index (χ4v) is 2.00. The van der Waals surface area contributed by atoms with Crippen LogP contribution in [0.25, 0.3) is 0 Å². The zero-order valence-electron chi connectivity index (χ0n) is 10.1. The van der Waals surface area contributed by atoms with Crippen LogP contribution in [0.2, 0.25) is 5.02 Å². The molecule has 0 saturated carbocycles. The molecule has 1 N–H and O–H groups in total. The second-order valence-electron chi connectivity index (χ2n) is 3.83. The minimum atomic E-state index is -0.790. The molecule has 1 aromatic rings. The highest BCUT2D eigenvalue weighted by molar-refractivity contribution is 6.32. The molecule has 1 aromatic carbocycles. The Kier molecular flexibility index (Phi) is 5.29. The highest BCUT2D eigenvalue weighted by Gasteiger charge is 2.15. The van der Waals surface area contributed by atoms with Gasteiger partial charge >= 0.3 is 5.97 Å². The summed E-state index contributed by atoms with van der Waals surface area (Å²) in [5.41, 5.74) is 0.948. The van der Waals surface area contributed by atoms with Gasteiger partial charge in [-0.2, -0.15) is 0 Å². The molecule has 0 bridgehead atoms. The summed E-state index contributed by atoms with van der Waals surface area (Å²) in [6, 6.07) is 5.48. The van der Waals surface area contributed by atoms with Crippen molar-refractivity contribution in [3.05, 3.63) is 28.8 Å². The fraction of sp³-hybridized carbons (Fsp3) is 0.462. The first-order valence-electron chi connectivity index (χ1n) is 5.72. The predicted molar refractivity (Wildman–Crippen MR) is 67.9 cm³/mol. The lowest BCUT2D eigenvalue weighted by Gasteiger charge is -2.14. The van der Waals surface area contributed by atoms with E-state index < -0.39 is 5.97 Å². The summed E-state index contributed by atoms with van der Waals surface area (Å²) < 4.78 is 5.34. The van der Waals surface area contributed by atoms with Crippen LogP contribution in [0, 0.1) is 0 Å². The van der Waals surface area contributed by atoms with Gasteiger partial charge in [0.1, 0.15) is 5.75 Å². The zero-order chi connectivity index (χ0) is 12.8. The molecule has 0 aliphatic carbocycles. The van der Waals surface area contributed by atoms with Crippen molar-refractivity contribution >= 4 is 17.6 Å². The maximum atomic E-state index is 10.7. The van der Waals surface area contributed by atoms with Crippen LogP contribution < -0.4 is 4.74 Å². The first-order valence-corrected chi connectivity index (χ1v) is 6.10. The quantitative estimate of drug-likeness (QED) is 0.844. The maximum absolute atomic E-state index is 10.7. The molecular weight excluding hydrogens is 240 g/mol. The Hall–Kier alpha value is -1.22. The van der Waals surface area contributed by atoms with Crippen molar-refractivity contribution in [1.82, 2.24) is 0 Å². The van der Waals surface area contributed by atoms with Gasteiger partial charge in [0, 0.05) is 0 Å². The third-order valence-electron chi connectivity index (χ3n) is 2.64. The molecule has 0 aliphatic rings. The van der Waals surface area contributed by atoms with E-state index in [0.29, 0.717) is 17.4 Å². The number of carbonyl (C=O) groups is 1. The van der Waals surface area contributed by atoms with Crippen molar-refractivity contribution in [3.8, 4) is 5.75 Å². The van der Waals surface area contributed by atoms with Crippen molar-refractivity contribution in [2.24, 2.45) is 0 Å². The summed E-state index contributed by atoms with van der Waals surface area (Å²) in [5, 5.41) is 9.36. The van der Waals surface area contributed by atoms with Gasteiger partial charge in [0.05, 0.1) is 18.1 Å². The molecule has 1 unspecified atom stereocenters. The van der Waals surface area contributed by atoms with E-state index in [1.165, 1.54) is 0 Å². The van der Waals surface area contributed by atoms with Gasteiger partial charge in [-0.25, -0.2) is 0 Å². The Morgan fingerprint density at radius 1 is 1.47 bits per heavy atom. The van der Waals surface area contributed by atoms with Gasteiger partial charge in [-0.05, 0) is 37.0 Å². The lowest BCUT2D eigenvalue weighted by Crippen LogP contribution is -2.05. The molecule has 1 atom stereocenters. The zero-order valence-corrected chi connectivity index (χ0v) is 10.8. The number of benzene rings is 1. The molecule has 0 amide bonds. The molecule has 0 aliphatic heterocycles. The number of carboxylic acid groups (broad SMARTS) is 1. The van der Waals surface area contributed by atoms with Gasteiger partial charge in [-0.1, -0.05) is 24.6 Å². The summed E-state index contributed by atoms with van der Waals surface area (Å²) in [5.74, 6) is -0.148. The summed E-state index contributed by atoms with van der Waals surface area (Å²) in [4.78, 5) is 10.7. The highest BCUT2D eigenvalue weighted by Crippen LogP contribution is 2.31. The van der Waals surface area contributed by atoms with E-state index >= 15 is 0 Å². The molecule has 0 heterocycles. The van der Waals surface area contributed by atoms with Crippen LogP contribution in [-0.2, 0) is 4.79 Å². The van der Waals surface area contributed by atoms with E-state index in [0.717, 1.165) is 12.0 Å². The number of carboxylic acids is 1. The van der Waals surface area contributed by atoms with Crippen LogP contribution >= 0.6 is 11.6 Å². The SMILES string of the molecule is CCOc1ccc(C(CC)CC(=O)O)cc1Cl. The van der Waals surface area contributed by atoms with Crippen molar-refractivity contribution in [2.75, 3.05) is 6.61 Å². The number of hydrogen-bond donors (Lipinski definition) is 1. The van der Waals surface area contributed by atoms with Gasteiger partial charge in [0.15, 0.2) is 0 Å². The number of halogens is 1. The van der Waals surface area contributed by atoms with Crippen LogP contribution in [0.1, 0.15) is 38.2 Å². The molecule has 0 fully saturated rings. The topological polar surface area (TPSA) is 46.5 Å². The summed E-state index contributed by atoms with van der Waals surface area (Å²) in [6.07, 6.45) is 0.900. The molecular formula is C13H17ClO3. The smallest absolute Gasteiger partial charge is 0.303 e. The summed E-state index contributed by atoms with van der Waals surface area (Å²) in [6.45, 7) is 4.42. The third-order valence-corrected chi connectivity index (χ3v) is 2.94. The molecule has 17 heavy (non-hydrogen) atoms. The Balaban J connectivity index is 2.90. The molecule has 1 rings (SSSR count). The first kappa shape index (κ1) is 13.8. The van der Waals surface area contributed by atoms with Crippen molar-refractivity contribution < 1.29 is 14.6 Å². The fourth-order valence-electron chi connectivity index (χ4n) is 1.75. The Morgan fingerprint density at radius 3 is 2.65 bits per heavy atom. The van der Waals surface area contributed by atoms with Gasteiger partial charge in [0.2, 0.25) is 0 Å². The second kappa shape index (κ2) is 6.50. The summed E-state index contributed by atoms with van der Waals surface area (Å²) >= 11 is 6.07. The van der Waals surface area contributed by atoms with Crippen LogP contribution in [0.3, 0.4) is 0 Å². The average molecular weight is 257 g/mol. The van der Waals surface area contributed by atoms with Crippen LogP contribution in [0.15, 0.2) is 18.2 Å². The highest BCUT2D eigenvalue weighted by atomic mass is 35.5. The normalized spacial score (nSPS) is 12.2. The lowest BCUT2D eigenvalue weighted by molar-refractivity contribution is -0.137. The third kappa shape index (κ3) is 3.93. The average Bonchev–Trinajstić information content (AvgIpc) is 2.28. The Labute approximate surface area is 106 Å².